The zero-order valence-corrected chi connectivity index (χ0v) is 16.9. The number of hydrogen-bond acceptors (Lipinski definition) is 7. The van der Waals surface area contributed by atoms with Crippen LogP contribution in [0.25, 0.3) is 0 Å². The lowest BCUT2D eigenvalue weighted by Gasteiger charge is -2.33. The van der Waals surface area contributed by atoms with E-state index in [1.54, 1.807) is 24.9 Å². The van der Waals surface area contributed by atoms with E-state index < -0.39 is 10.0 Å². The minimum atomic E-state index is -3.56. The Morgan fingerprint density at radius 2 is 1.96 bits per heavy atom. The molecule has 2 aromatic heterocycles. The molecule has 1 aliphatic heterocycles. The molecule has 0 atom stereocenters. The van der Waals surface area contributed by atoms with Gasteiger partial charge < -0.3 is 10.2 Å². The highest BCUT2D eigenvalue weighted by Gasteiger charge is 2.32. The molecule has 25 heavy (non-hydrogen) atoms. The summed E-state index contributed by atoms with van der Waals surface area (Å²) in [6.45, 7) is 3.00. The van der Waals surface area contributed by atoms with Crippen LogP contribution in [0.3, 0.4) is 0 Å². The van der Waals surface area contributed by atoms with E-state index in [2.05, 4.69) is 9.69 Å². The van der Waals surface area contributed by atoms with Crippen molar-refractivity contribution in [2.24, 2.45) is 0 Å². The van der Waals surface area contributed by atoms with E-state index in [9.17, 15) is 13.2 Å². The maximum Gasteiger partial charge on any atom is 0.258 e. The van der Waals surface area contributed by atoms with E-state index in [1.807, 2.05) is 0 Å². The second kappa shape index (κ2) is 7.20. The standard InChI is InChI=1S/C14H17ClN4O3S3/c1-9-12(13(16-2)24-17-9)14(20)18-5-7-19(8-6-18)25(21,22)11-4-3-10(15)23-11/h3-4,16H,5-8H2,1-2H3. The van der Waals surface area contributed by atoms with Gasteiger partial charge in [-0.05, 0) is 30.6 Å². The Bertz CT molecular complexity index is 885. The van der Waals surface area contributed by atoms with Gasteiger partial charge in [-0.25, -0.2) is 8.42 Å². The molecular weight excluding hydrogens is 404 g/mol. The first-order valence-corrected chi connectivity index (χ1v) is 10.9. The van der Waals surface area contributed by atoms with Crippen molar-refractivity contribution >= 4 is 55.4 Å². The minimum Gasteiger partial charge on any atom is -0.378 e. The molecule has 1 aliphatic rings. The molecule has 0 saturated carbocycles. The number of sulfonamides is 1. The quantitative estimate of drug-likeness (QED) is 0.820. The van der Waals surface area contributed by atoms with E-state index >= 15 is 0 Å². The molecule has 0 aromatic carbocycles. The second-order valence-corrected chi connectivity index (χ2v) is 10.1. The third-order valence-corrected chi connectivity index (χ3v) is 8.53. The van der Waals surface area contributed by atoms with E-state index in [4.69, 9.17) is 11.6 Å². The molecule has 3 heterocycles. The first kappa shape index (κ1) is 18.6. The molecule has 1 fully saturated rings. The number of nitrogens with zero attached hydrogens (tertiary/aromatic N) is 3. The van der Waals surface area contributed by atoms with Gasteiger partial charge in [0.15, 0.2) is 0 Å². The minimum absolute atomic E-state index is 0.119. The number of amides is 1. The lowest BCUT2D eigenvalue weighted by Crippen LogP contribution is -2.50. The van der Waals surface area contributed by atoms with Crippen LogP contribution in [0.4, 0.5) is 5.00 Å². The number of hydrogen-bond donors (Lipinski definition) is 1. The number of anilines is 1. The van der Waals surface area contributed by atoms with E-state index in [0.29, 0.717) is 28.7 Å². The predicted octanol–water partition coefficient (Wildman–Crippen LogP) is 2.35. The van der Waals surface area contributed by atoms with Crippen LogP contribution in [0.15, 0.2) is 16.3 Å². The smallest absolute Gasteiger partial charge is 0.258 e. The van der Waals surface area contributed by atoms with Gasteiger partial charge in [0.05, 0.1) is 15.6 Å². The molecule has 1 N–H and O–H groups in total. The molecule has 3 rings (SSSR count). The van der Waals surface area contributed by atoms with Gasteiger partial charge in [0, 0.05) is 33.2 Å². The van der Waals surface area contributed by atoms with Crippen molar-refractivity contribution in [3.63, 3.8) is 0 Å². The van der Waals surface area contributed by atoms with Crippen molar-refractivity contribution < 1.29 is 13.2 Å². The van der Waals surface area contributed by atoms with Gasteiger partial charge in [-0.15, -0.1) is 11.3 Å². The van der Waals surface area contributed by atoms with Gasteiger partial charge in [0.2, 0.25) is 0 Å². The van der Waals surface area contributed by atoms with Crippen LogP contribution >= 0.6 is 34.5 Å². The van der Waals surface area contributed by atoms with E-state index in [0.717, 1.165) is 16.3 Å². The largest absolute Gasteiger partial charge is 0.378 e. The molecule has 0 aliphatic carbocycles. The van der Waals surface area contributed by atoms with Crippen LogP contribution in [0, 0.1) is 6.92 Å². The average Bonchev–Trinajstić information content (AvgIpc) is 3.20. The van der Waals surface area contributed by atoms with Gasteiger partial charge in [0.25, 0.3) is 15.9 Å². The van der Waals surface area contributed by atoms with Crippen LogP contribution in [0.5, 0.6) is 0 Å². The predicted molar refractivity (Wildman–Crippen MR) is 100 cm³/mol. The SMILES string of the molecule is CNc1snc(C)c1C(=O)N1CCN(S(=O)(=O)c2ccc(Cl)s2)CC1. The highest BCUT2D eigenvalue weighted by atomic mass is 35.5. The Labute approximate surface area is 159 Å². The average molecular weight is 421 g/mol. The number of piperazine rings is 1. The molecule has 1 amide bonds. The van der Waals surface area contributed by atoms with Crippen LogP contribution in [-0.4, -0.2) is 61.1 Å². The highest BCUT2D eigenvalue weighted by Crippen LogP contribution is 2.29. The van der Waals surface area contributed by atoms with Gasteiger partial charge >= 0.3 is 0 Å². The number of carbonyl (C=O) groups excluding carboxylic acids is 1. The number of carbonyl (C=O) groups is 1. The van der Waals surface area contributed by atoms with Crippen LogP contribution in [-0.2, 0) is 10.0 Å². The Balaban J connectivity index is 1.71. The molecule has 1 saturated heterocycles. The van der Waals surface area contributed by atoms with Gasteiger partial charge in [-0.1, -0.05) is 11.6 Å². The maximum absolute atomic E-state index is 12.8. The number of thiophene rings is 1. The molecular formula is C14H17ClN4O3S3. The molecule has 136 valence electrons. The number of nitrogens with one attached hydrogen (secondary N) is 1. The maximum atomic E-state index is 12.8. The normalized spacial score (nSPS) is 16.2. The molecule has 2 aromatic rings. The van der Waals surface area contributed by atoms with Crippen molar-refractivity contribution in [2.45, 2.75) is 11.1 Å². The molecule has 0 unspecified atom stereocenters. The third kappa shape index (κ3) is 3.54. The summed E-state index contributed by atoms with van der Waals surface area (Å²) in [5, 5.41) is 3.71. The molecule has 7 nitrogen and oxygen atoms in total. The van der Waals surface area contributed by atoms with Crippen molar-refractivity contribution in [1.29, 1.82) is 0 Å². The Morgan fingerprint density at radius 3 is 2.52 bits per heavy atom. The summed E-state index contributed by atoms with van der Waals surface area (Å²) >= 11 is 8.13. The summed E-state index contributed by atoms with van der Waals surface area (Å²) in [6, 6.07) is 3.09. The Kier molecular flexibility index (Phi) is 5.35. The lowest BCUT2D eigenvalue weighted by molar-refractivity contribution is 0.0698. The monoisotopic (exact) mass is 420 g/mol. The number of aromatic nitrogens is 1. The van der Waals surface area contributed by atoms with Crippen molar-refractivity contribution in [3.05, 3.63) is 27.7 Å². The number of aryl methyl sites for hydroxylation is 1. The summed E-state index contributed by atoms with van der Waals surface area (Å²) in [6.07, 6.45) is 0. The Morgan fingerprint density at radius 1 is 1.28 bits per heavy atom. The van der Waals surface area contributed by atoms with Gasteiger partial charge in [0.1, 0.15) is 9.21 Å². The zero-order chi connectivity index (χ0) is 18.2. The molecule has 0 spiro atoms. The third-order valence-electron chi connectivity index (χ3n) is 3.97. The van der Waals surface area contributed by atoms with Crippen LogP contribution < -0.4 is 5.32 Å². The first-order valence-electron chi connectivity index (χ1n) is 7.53. The fourth-order valence-electron chi connectivity index (χ4n) is 2.65. The van der Waals surface area contributed by atoms with Crippen LogP contribution in [0.1, 0.15) is 16.1 Å². The van der Waals surface area contributed by atoms with Gasteiger partial charge in [-0.3, -0.25) is 4.79 Å². The summed E-state index contributed by atoms with van der Waals surface area (Å²) in [5.74, 6) is -0.119. The summed E-state index contributed by atoms with van der Waals surface area (Å²) in [5.41, 5.74) is 1.25. The summed E-state index contributed by atoms with van der Waals surface area (Å²) in [7, 11) is -1.81. The zero-order valence-electron chi connectivity index (χ0n) is 13.7. The Hall–Kier alpha value is -1.20. The van der Waals surface area contributed by atoms with E-state index in [-0.39, 0.29) is 23.2 Å². The molecule has 11 heteroatoms. The first-order chi connectivity index (χ1) is 11.8. The summed E-state index contributed by atoms with van der Waals surface area (Å²) in [4.78, 5) is 14.4. The van der Waals surface area contributed by atoms with E-state index in [1.165, 1.54) is 21.9 Å². The van der Waals surface area contributed by atoms with Crippen LogP contribution in [0.2, 0.25) is 4.34 Å². The van der Waals surface area contributed by atoms with Crippen molar-refractivity contribution in [3.8, 4) is 0 Å². The molecule has 0 bridgehead atoms. The topological polar surface area (TPSA) is 82.6 Å². The highest BCUT2D eigenvalue weighted by molar-refractivity contribution is 7.91. The summed E-state index contributed by atoms with van der Waals surface area (Å²) < 4.78 is 31.5. The number of rotatable bonds is 4. The van der Waals surface area contributed by atoms with Crippen molar-refractivity contribution in [2.75, 3.05) is 38.5 Å². The lowest BCUT2D eigenvalue weighted by atomic mass is 10.2. The van der Waals surface area contributed by atoms with Crippen molar-refractivity contribution in [1.82, 2.24) is 13.6 Å². The fourth-order valence-corrected chi connectivity index (χ4v) is 6.44. The van der Waals surface area contributed by atoms with Gasteiger partial charge in [-0.2, -0.15) is 8.68 Å². The fraction of sp³-hybridized carbons (Fsp3) is 0.429. The molecule has 0 radical (unpaired) electrons. The second-order valence-electron chi connectivity index (χ2n) is 5.48. The number of halogens is 1.